The zero-order chi connectivity index (χ0) is 11.1. The van der Waals surface area contributed by atoms with Crippen molar-refractivity contribution in [1.29, 1.82) is 0 Å². The molecule has 1 aromatic heterocycles. The molecule has 0 amide bonds. The molecule has 0 saturated carbocycles. The molecule has 6 nitrogen and oxygen atoms in total. The highest BCUT2D eigenvalue weighted by atomic mass is 16.5. The summed E-state index contributed by atoms with van der Waals surface area (Å²) in [5.41, 5.74) is 6.00. The van der Waals surface area contributed by atoms with E-state index in [1.54, 1.807) is 26.6 Å². The van der Waals surface area contributed by atoms with Crippen LogP contribution in [0.15, 0.2) is 12.4 Å². The van der Waals surface area contributed by atoms with Crippen molar-refractivity contribution in [2.45, 2.75) is 6.10 Å². The van der Waals surface area contributed by atoms with Crippen LogP contribution >= 0.6 is 0 Å². The third-order valence-electron chi connectivity index (χ3n) is 1.85. The van der Waals surface area contributed by atoms with Gasteiger partial charge in [-0.2, -0.15) is 0 Å². The number of hydrogen-bond acceptors (Lipinski definition) is 6. The van der Waals surface area contributed by atoms with Gasteiger partial charge >= 0.3 is 0 Å². The highest BCUT2D eigenvalue weighted by Crippen LogP contribution is 2.01. The van der Waals surface area contributed by atoms with E-state index in [1.807, 2.05) is 0 Å². The maximum absolute atomic E-state index is 5.46. The predicted molar refractivity (Wildman–Crippen MR) is 57.6 cm³/mol. The molecule has 0 spiro atoms. The van der Waals surface area contributed by atoms with Gasteiger partial charge in [-0.15, -0.1) is 0 Å². The summed E-state index contributed by atoms with van der Waals surface area (Å²) in [5.74, 6) is 0.530. The van der Waals surface area contributed by atoms with E-state index in [-0.39, 0.29) is 6.10 Å². The topological polar surface area (TPSA) is 82.3 Å². The number of nitrogens with one attached hydrogen (secondary N) is 1. The molecule has 0 aliphatic rings. The summed E-state index contributed by atoms with van der Waals surface area (Å²) in [6.45, 7) is 1.12. The molecule has 1 aromatic rings. The molecule has 3 N–H and O–H groups in total. The van der Waals surface area contributed by atoms with Gasteiger partial charge in [-0.1, -0.05) is 0 Å². The molecule has 1 heterocycles. The lowest BCUT2D eigenvalue weighted by atomic mass is 10.4. The van der Waals surface area contributed by atoms with Crippen LogP contribution in [-0.2, 0) is 9.47 Å². The van der Waals surface area contributed by atoms with Gasteiger partial charge in [-0.25, -0.2) is 9.97 Å². The molecular weight excluding hydrogens is 196 g/mol. The summed E-state index contributed by atoms with van der Waals surface area (Å²) >= 11 is 0. The van der Waals surface area contributed by atoms with Gasteiger partial charge in [0.1, 0.15) is 0 Å². The Bertz CT molecular complexity index is 278. The normalized spacial score (nSPS) is 12.4. The summed E-state index contributed by atoms with van der Waals surface area (Å²) in [6.07, 6.45) is 3.08. The summed E-state index contributed by atoms with van der Waals surface area (Å²) in [4.78, 5) is 8.00. The molecule has 0 fully saturated rings. The molecule has 84 valence electrons. The molecule has 0 bridgehead atoms. The van der Waals surface area contributed by atoms with Gasteiger partial charge in [0.2, 0.25) is 5.95 Å². The lowest BCUT2D eigenvalue weighted by molar-refractivity contribution is 0.0365. The largest absolute Gasteiger partial charge is 0.396 e. The fraction of sp³-hybridized carbons (Fsp3) is 0.556. The van der Waals surface area contributed by atoms with Crippen molar-refractivity contribution in [2.24, 2.45) is 0 Å². The molecular formula is C9H16N4O2. The Morgan fingerprint density at radius 1 is 1.40 bits per heavy atom. The number of ether oxygens (including phenoxy) is 2. The van der Waals surface area contributed by atoms with Crippen LogP contribution in [0.4, 0.5) is 11.6 Å². The Labute approximate surface area is 88.8 Å². The summed E-state index contributed by atoms with van der Waals surface area (Å²) in [7, 11) is 3.26. The van der Waals surface area contributed by atoms with Crippen LogP contribution < -0.4 is 11.1 Å². The first kappa shape index (κ1) is 11.7. The van der Waals surface area contributed by atoms with Gasteiger partial charge in [0.05, 0.1) is 30.8 Å². The molecule has 0 saturated heterocycles. The first-order valence-corrected chi connectivity index (χ1v) is 4.59. The lowest BCUT2D eigenvalue weighted by Crippen LogP contribution is -2.27. The van der Waals surface area contributed by atoms with E-state index in [4.69, 9.17) is 15.2 Å². The number of nitrogens with zero attached hydrogens (tertiary/aromatic N) is 2. The van der Waals surface area contributed by atoms with Gasteiger partial charge in [-0.05, 0) is 0 Å². The molecule has 0 radical (unpaired) electrons. The summed E-state index contributed by atoms with van der Waals surface area (Å²) in [6, 6.07) is 0. The van der Waals surface area contributed by atoms with Crippen LogP contribution in [0.2, 0.25) is 0 Å². The summed E-state index contributed by atoms with van der Waals surface area (Å²) < 4.78 is 10.1. The van der Waals surface area contributed by atoms with Crippen LogP contribution in [0.3, 0.4) is 0 Å². The highest BCUT2D eigenvalue weighted by molar-refractivity contribution is 5.35. The number of nitrogen functional groups attached to an aromatic ring is 1. The fourth-order valence-electron chi connectivity index (χ4n) is 1.03. The third-order valence-corrected chi connectivity index (χ3v) is 1.85. The van der Waals surface area contributed by atoms with E-state index < -0.39 is 0 Å². The van der Waals surface area contributed by atoms with Crippen molar-refractivity contribution >= 4 is 11.6 Å². The molecule has 1 atom stereocenters. The third kappa shape index (κ3) is 4.09. The van der Waals surface area contributed by atoms with Crippen molar-refractivity contribution in [3.05, 3.63) is 12.4 Å². The minimum atomic E-state index is -0.0175. The van der Waals surface area contributed by atoms with Crippen molar-refractivity contribution < 1.29 is 9.47 Å². The van der Waals surface area contributed by atoms with Crippen molar-refractivity contribution in [2.75, 3.05) is 38.4 Å². The highest BCUT2D eigenvalue weighted by Gasteiger charge is 2.06. The first-order valence-electron chi connectivity index (χ1n) is 4.59. The average molecular weight is 212 g/mol. The Hall–Kier alpha value is -1.40. The monoisotopic (exact) mass is 212 g/mol. The Balaban J connectivity index is 2.38. The zero-order valence-corrected chi connectivity index (χ0v) is 8.93. The number of rotatable bonds is 6. The Kier molecular flexibility index (Phi) is 4.79. The van der Waals surface area contributed by atoms with E-state index in [0.717, 1.165) is 0 Å². The van der Waals surface area contributed by atoms with Gasteiger partial charge in [0.15, 0.2) is 0 Å². The standard InChI is InChI=1S/C9H16N4O2/c1-14-6-8(15-2)5-13-9-11-3-7(10)4-12-9/h3-4,8H,5-6,10H2,1-2H3,(H,11,12,13). The average Bonchev–Trinajstić information content (AvgIpc) is 2.26. The molecule has 15 heavy (non-hydrogen) atoms. The maximum Gasteiger partial charge on any atom is 0.222 e. The fourth-order valence-corrected chi connectivity index (χ4v) is 1.03. The smallest absolute Gasteiger partial charge is 0.222 e. The second-order valence-corrected chi connectivity index (χ2v) is 3.03. The molecule has 0 aliphatic heterocycles. The second kappa shape index (κ2) is 6.15. The second-order valence-electron chi connectivity index (χ2n) is 3.03. The van der Waals surface area contributed by atoms with E-state index >= 15 is 0 Å². The number of aromatic nitrogens is 2. The number of hydrogen-bond donors (Lipinski definition) is 2. The number of anilines is 2. The maximum atomic E-state index is 5.46. The quantitative estimate of drug-likeness (QED) is 0.697. The molecule has 1 unspecified atom stereocenters. The molecule has 6 heteroatoms. The van der Waals surface area contributed by atoms with Crippen molar-refractivity contribution in [3.63, 3.8) is 0 Å². The van der Waals surface area contributed by atoms with Crippen LogP contribution in [0.1, 0.15) is 0 Å². The Morgan fingerprint density at radius 3 is 2.60 bits per heavy atom. The van der Waals surface area contributed by atoms with Crippen LogP contribution in [0.25, 0.3) is 0 Å². The van der Waals surface area contributed by atoms with Crippen LogP contribution in [0.5, 0.6) is 0 Å². The predicted octanol–water partition coefficient (Wildman–Crippen LogP) is 0.132. The van der Waals surface area contributed by atoms with E-state index in [9.17, 15) is 0 Å². The van der Waals surface area contributed by atoms with Crippen LogP contribution in [-0.4, -0.2) is 43.4 Å². The van der Waals surface area contributed by atoms with Gasteiger partial charge in [-0.3, -0.25) is 0 Å². The van der Waals surface area contributed by atoms with E-state index in [2.05, 4.69) is 15.3 Å². The Morgan fingerprint density at radius 2 is 2.07 bits per heavy atom. The SMILES string of the molecule is COCC(CNc1ncc(N)cn1)OC. The first-order chi connectivity index (χ1) is 7.26. The molecule has 0 aliphatic carbocycles. The minimum absolute atomic E-state index is 0.0175. The van der Waals surface area contributed by atoms with Gasteiger partial charge < -0.3 is 20.5 Å². The number of nitrogens with two attached hydrogens (primary N) is 1. The lowest BCUT2D eigenvalue weighted by Gasteiger charge is -2.14. The summed E-state index contributed by atoms with van der Waals surface area (Å²) in [5, 5.41) is 3.02. The molecule has 1 rings (SSSR count). The zero-order valence-electron chi connectivity index (χ0n) is 8.93. The minimum Gasteiger partial charge on any atom is -0.396 e. The number of methoxy groups -OCH3 is 2. The van der Waals surface area contributed by atoms with E-state index in [0.29, 0.717) is 24.8 Å². The van der Waals surface area contributed by atoms with Crippen molar-refractivity contribution in [1.82, 2.24) is 9.97 Å². The van der Waals surface area contributed by atoms with Gasteiger partial charge in [0, 0.05) is 20.8 Å². The van der Waals surface area contributed by atoms with Crippen molar-refractivity contribution in [3.8, 4) is 0 Å². The van der Waals surface area contributed by atoms with Gasteiger partial charge in [0.25, 0.3) is 0 Å². The van der Waals surface area contributed by atoms with E-state index in [1.165, 1.54) is 0 Å². The van der Waals surface area contributed by atoms with Crippen LogP contribution in [0, 0.1) is 0 Å². The molecule has 0 aromatic carbocycles.